The highest BCUT2D eigenvalue weighted by molar-refractivity contribution is 5.88. The van der Waals surface area contributed by atoms with Gasteiger partial charge in [-0.05, 0) is 60.7 Å². The van der Waals surface area contributed by atoms with Crippen molar-refractivity contribution in [1.82, 2.24) is 9.38 Å². The van der Waals surface area contributed by atoms with Gasteiger partial charge in [-0.15, -0.1) is 0 Å². The Labute approximate surface area is 155 Å². The SMILES string of the molecule is COc1cccc(/C=C2/CCCc3c2nc2ccc(C(=O)O)cn2c3=O)c1. The second-order valence-corrected chi connectivity index (χ2v) is 6.49. The van der Waals surface area contributed by atoms with Gasteiger partial charge < -0.3 is 9.84 Å². The lowest BCUT2D eigenvalue weighted by Gasteiger charge is -2.18. The van der Waals surface area contributed by atoms with Crippen molar-refractivity contribution in [2.75, 3.05) is 7.11 Å². The standard InChI is InChI=1S/C21H18N2O4/c1-27-16-6-2-4-13(11-16)10-14-5-3-7-17-19(14)22-18-9-8-15(21(25)26)12-23(18)20(17)24/h2,4,6,8-12H,3,5,7H2,1H3,(H,25,26)/b14-10-. The van der Waals surface area contributed by atoms with Gasteiger partial charge in [0.2, 0.25) is 0 Å². The molecule has 2 aromatic heterocycles. The van der Waals surface area contributed by atoms with Crippen molar-refractivity contribution < 1.29 is 14.6 Å². The number of pyridine rings is 1. The third-order valence-corrected chi connectivity index (χ3v) is 4.77. The highest BCUT2D eigenvalue weighted by Gasteiger charge is 2.21. The number of allylic oxidation sites excluding steroid dienone is 1. The van der Waals surface area contributed by atoms with Crippen LogP contribution in [0, 0.1) is 0 Å². The van der Waals surface area contributed by atoms with E-state index in [1.54, 1.807) is 13.2 Å². The molecule has 1 aliphatic carbocycles. The molecule has 0 saturated carbocycles. The molecular formula is C21H18N2O4. The van der Waals surface area contributed by atoms with Gasteiger partial charge >= 0.3 is 5.97 Å². The third-order valence-electron chi connectivity index (χ3n) is 4.77. The predicted molar refractivity (Wildman–Crippen MR) is 102 cm³/mol. The second kappa shape index (κ2) is 6.72. The molecule has 0 amide bonds. The molecule has 0 spiro atoms. The summed E-state index contributed by atoms with van der Waals surface area (Å²) in [5.74, 6) is -0.298. The average Bonchev–Trinajstić information content (AvgIpc) is 2.68. The first-order chi connectivity index (χ1) is 13.1. The Bertz CT molecular complexity index is 1140. The summed E-state index contributed by atoms with van der Waals surface area (Å²) in [6, 6.07) is 10.8. The van der Waals surface area contributed by atoms with Crippen LogP contribution in [-0.4, -0.2) is 27.6 Å². The second-order valence-electron chi connectivity index (χ2n) is 6.49. The molecule has 1 aliphatic rings. The maximum absolute atomic E-state index is 12.9. The third kappa shape index (κ3) is 3.10. The van der Waals surface area contributed by atoms with Gasteiger partial charge in [-0.2, -0.15) is 0 Å². The van der Waals surface area contributed by atoms with Crippen molar-refractivity contribution in [3.05, 3.63) is 75.3 Å². The Hall–Kier alpha value is -3.41. The van der Waals surface area contributed by atoms with Crippen molar-refractivity contribution in [1.29, 1.82) is 0 Å². The van der Waals surface area contributed by atoms with Crippen LogP contribution in [0.5, 0.6) is 5.75 Å². The number of aromatic nitrogens is 2. The van der Waals surface area contributed by atoms with E-state index in [4.69, 9.17) is 9.84 Å². The van der Waals surface area contributed by atoms with Gasteiger partial charge in [0.25, 0.3) is 5.56 Å². The van der Waals surface area contributed by atoms with Crippen LogP contribution in [0.2, 0.25) is 0 Å². The van der Waals surface area contributed by atoms with Crippen LogP contribution in [0.1, 0.15) is 40.0 Å². The number of carboxylic acids is 1. The molecule has 0 bridgehead atoms. The molecule has 0 saturated heterocycles. The van der Waals surface area contributed by atoms with Crippen LogP contribution in [0.3, 0.4) is 0 Å². The number of aromatic carboxylic acids is 1. The molecule has 2 heterocycles. The van der Waals surface area contributed by atoms with Crippen LogP contribution < -0.4 is 10.3 Å². The van der Waals surface area contributed by atoms with Crippen molar-refractivity contribution in [2.24, 2.45) is 0 Å². The first-order valence-corrected chi connectivity index (χ1v) is 8.70. The largest absolute Gasteiger partial charge is 0.497 e. The number of hydrogen-bond donors (Lipinski definition) is 1. The van der Waals surface area contributed by atoms with Gasteiger partial charge in [0.05, 0.1) is 18.4 Å². The number of methoxy groups -OCH3 is 1. The molecule has 6 heteroatoms. The van der Waals surface area contributed by atoms with E-state index in [9.17, 15) is 9.59 Å². The lowest BCUT2D eigenvalue weighted by atomic mass is 9.90. The number of carbonyl (C=O) groups is 1. The number of benzene rings is 1. The molecule has 4 rings (SSSR count). The number of fused-ring (bicyclic) bond motifs is 2. The number of ether oxygens (including phenoxy) is 1. The normalized spacial score (nSPS) is 14.9. The van der Waals surface area contributed by atoms with E-state index in [2.05, 4.69) is 4.98 Å². The van der Waals surface area contributed by atoms with Crippen LogP contribution >= 0.6 is 0 Å². The van der Waals surface area contributed by atoms with Crippen LogP contribution in [0.25, 0.3) is 17.3 Å². The maximum atomic E-state index is 12.9. The first kappa shape index (κ1) is 17.0. The van der Waals surface area contributed by atoms with Crippen molar-refractivity contribution in [3.8, 4) is 5.75 Å². The molecule has 1 N–H and O–H groups in total. The lowest BCUT2D eigenvalue weighted by molar-refractivity contribution is 0.0696. The molecule has 0 fully saturated rings. The quantitative estimate of drug-likeness (QED) is 0.773. The van der Waals surface area contributed by atoms with E-state index >= 15 is 0 Å². The van der Waals surface area contributed by atoms with E-state index in [1.165, 1.54) is 16.7 Å². The topological polar surface area (TPSA) is 80.9 Å². The zero-order valence-electron chi connectivity index (χ0n) is 14.8. The Morgan fingerprint density at radius 3 is 2.89 bits per heavy atom. The van der Waals surface area contributed by atoms with Gasteiger partial charge in [-0.1, -0.05) is 12.1 Å². The van der Waals surface area contributed by atoms with Crippen LogP contribution in [0.4, 0.5) is 0 Å². The summed E-state index contributed by atoms with van der Waals surface area (Å²) in [5.41, 5.74) is 3.64. The van der Waals surface area contributed by atoms with Gasteiger partial charge in [0.15, 0.2) is 0 Å². The summed E-state index contributed by atoms with van der Waals surface area (Å²) in [6.45, 7) is 0. The smallest absolute Gasteiger partial charge is 0.337 e. The Morgan fingerprint density at radius 1 is 1.26 bits per heavy atom. The molecule has 0 atom stereocenters. The van der Waals surface area contributed by atoms with Gasteiger partial charge in [-0.25, -0.2) is 9.78 Å². The summed E-state index contributed by atoms with van der Waals surface area (Å²) in [7, 11) is 1.63. The van der Waals surface area contributed by atoms with E-state index in [-0.39, 0.29) is 11.1 Å². The summed E-state index contributed by atoms with van der Waals surface area (Å²) >= 11 is 0. The number of rotatable bonds is 3. The fraction of sp³-hybridized carbons (Fsp3) is 0.190. The molecule has 27 heavy (non-hydrogen) atoms. The van der Waals surface area contributed by atoms with E-state index in [1.807, 2.05) is 30.3 Å². The van der Waals surface area contributed by atoms with Gasteiger partial charge in [0.1, 0.15) is 11.4 Å². The molecule has 0 aliphatic heterocycles. The molecule has 136 valence electrons. The number of carboxylic acid groups (broad SMARTS) is 1. The fourth-order valence-corrected chi connectivity index (χ4v) is 3.44. The maximum Gasteiger partial charge on any atom is 0.337 e. The Balaban J connectivity index is 1.88. The summed E-state index contributed by atoms with van der Waals surface area (Å²) < 4.78 is 6.60. The summed E-state index contributed by atoms with van der Waals surface area (Å²) in [5, 5.41) is 9.17. The zero-order valence-corrected chi connectivity index (χ0v) is 14.8. The zero-order chi connectivity index (χ0) is 19.0. The highest BCUT2D eigenvalue weighted by atomic mass is 16.5. The Kier molecular flexibility index (Phi) is 4.24. The van der Waals surface area contributed by atoms with E-state index in [0.29, 0.717) is 23.3 Å². The summed E-state index contributed by atoms with van der Waals surface area (Å²) in [6.07, 6.45) is 5.70. The first-order valence-electron chi connectivity index (χ1n) is 8.70. The number of nitrogens with zero attached hydrogens (tertiary/aromatic N) is 2. The van der Waals surface area contributed by atoms with Crippen LogP contribution in [0.15, 0.2) is 47.4 Å². The van der Waals surface area contributed by atoms with Gasteiger partial charge in [-0.3, -0.25) is 9.20 Å². The van der Waals surface area contributed by atoms with E-state index < -0.39 is 5.97 Å². The minimum atomic E-state index is -1.07. The molecular weight excluding hydrogens is 344 g/mol. The van der Waals surface area contributed by atoms with Gasteiger partial charge in [0, 0.05) is 11.8 Å². The minimum absolute atomic E-state index is 0.0642. The lowest BCUT2D eigenvalue weighted by Crippen LogP contribution is -2.25. The molecule has 0 unspecified atom stereocenters. The molecule has 1 aromatic carbocycles. The van der Waals surface area contributed by atoms with Crippen molar-refractivity contribution in [2.45, 2.75) is 19.3 Å². The number of hydrogen-bond acceptors (Lipinski definition) is 4. The van der Waals surface area contributed by atoms with Crippen LogP contribution in [-0.2, 0) is 6.42 Å². The predicted octanol–water partition coefficient (Wildman–Crippen LogP) is 3.28. The van der Waals surface area contributed by atoms with Crippen molar-refractivity contribution in [3.63, 3.8) is 0 Å². The fourth-order valence-electron chi connectivity index (χ4n) is 3.44. The average molecular weight is 362 g/mol. The summed E-state index contributed by atoms with van der Waals surface area (Å²) in [4.78, 5) is 28.8. The monoisotopic (exact) mass is 362 g/mol. The molecule has 3 aromatic rings. The molecule has 0 radical (unpaired) electrons. The van der Waals surface area contributed by atoms with E-state index in [0.717, 1.165) is 29.7 Å². The Morgan fingerprint density at radius 2 is 2.11 bits per heavy atom. The van der Waals surface area contributed by atoms with Crippen molar-refractivity contribution >= 4 is 23.3 Å². The minimum Gasteiger partial charge on any atom is -0.497 e. The molecule has 6 nitrogen and oxygen atoms in total. The highest BCUT2D eigenvalue weighted by Crippen LogP contribution is 2.30.